The highest BCUT2D eigenvalue weighted by Crippen LogP contribution is 2.76. The molecule has 2 heterocycles. The van der Waals surface area contributed by atoms with Crippen LogP contribution in [0.1, 0.15) is 39.5 Å². The second kappa shape index (κ2) is 2.84. The number of rotatable bonds is 2. The van der Waals surface area contributed by atoms with Crippen LogP contribution >= 0.6 is 8.30 Å². The standard InChI is InChI=1S/C13H22NOP/c1-12(2)13-7-11(13)10(6-9-4-5-9)8-14(13)16(3)15-12/h9-11H,4-8H2,1-3H3/t10?,11?,13-,16?/m0/s1. The van der Waals surface area contributed by atoms with Gasteiger partial charge in [0.05, 0.1) is 11.1 Å². The minimum absolute atomic E-state index is 0.121. The van der Waals surface area contributed by atoms with Gasteiger partial charge < -0.3 is 4.52 Å². The van der Waals surface area contributed by atoms with Crippen molar-refractivity contribution in [1.29, 1.82) is 0 Å². The number of piperidine rings is 1. The van der Waals surface area contributed by atoms with Gasteiger partial charge in [0, 0.05) is 6.54 Å². The molecule has 4 aliphatic rings. The van der Waals surface area contributed by atoms with E-state index in [1.807, 2.05) is 0 Å². The fraction of sp³-hybridized carbons (Fsp3) is 1.00. The van der Waals surface area contributed by atoms with Crippen LogP contribution in [0.3, 0.4) is 0 Å². The van der Waals surface area contributed by atoms with Crippen LogP contribution in [0.5, 0.6) is 0 Å². The molecule has 0 bridgehead atoms. The van der Waals surface area contributed by atoms with Crippen molar-refractivity contribution in [2.45, 2.75) is 50.7 Å². The van der Waals surface area contributed by atoms with E-state index in [4.69, 9.17) is 4.52 Å². The predicted octanol–water partition coefficient (Wildman–Crippen LogP) is 3.23. The molecule has 0 amide bonds. The van der Waals surface area contributed by atoms with E-state index in [1.54, 1.807) is 0 Å². The lowest BCUT2D eigenvalue weighted by atomic mass is 9.91. The van der Waals surface area contributed by atoms with E-state index >= 15 is 0 Å². The van der Waals surface area contributed by atoms with Crippen molar-refractivity contribution >= 4 is 8.30 Å². The third-order valence-electron chi connectivity index (χ3n) is 5.50. The highest BCUT2D eigenvalue weighted by molar-refractivity contribution is 7.49. The molecule has 90 valence electrons. The molecule has 4 atom stereocenters. The largest absolute Gasteiger partial charge is 0.336 e. The van der Waals surface area contributed by atoms with E-state index in [9.17, 15) is 0 Å². The summed E-state index contributed by atoms with van der Waals surface area (Å²) >= 11 is 0. The maximum atomic E-state index is 6.22. The number of hydrogen-bond donors (Lipinski definition) is 0. The maximum Gasteiger partial charge on any atom is 0.102 e. The summed E-state index contributed by atoms with van der Waals surface area (Å²) in [7, 11) is -0.298. The highest BCUT2D eigenvalue weighted by atomic mass is 31.2. The van der Waals surface area contributed by atoms with Gasteiger partial charge in [0.1, 0.15) is 8.30 Å². The van der Waals surface area contributed by atoms with Gasteiger partial charge in [0.2, 0.25) is 0 Å². The van der Waals surface area contributed by atoms with Gasteiger partial charge in [-0.25, -0.2) is 0 Å². The Morgan fingerprint density at radius 1 is 1.38 bits per heavy atom. The normalized spacial score (nSPS) is 53.8. The summed E-state index contributed by atoms with van der Waals surface area (Å²) in [6.45, 7) is 8.30. The van der Waals surface area contributed by atoms with E-state index < -0.39 is 0 Å². The van der Waals surface area contributed by atoms with Gasteiger partial charge in [0.25, 0.3) is 0 Å². The quantitative estimate of drug-likeness (QED) is 0.686. The molecule has 4 rings (SSSR count). The molecule has 3 unspecified atom stereocenters. The Labute approximate surface area is 99.6 Å². The van der Waals surface area contributed by atoms with E-state index in [1.165, 1.54) is 32.2 Å². The van der Waals surface area contributed by atoms with Gasteiger partial charge in [-0.2, -0.15) is 0 Å². The molecule has 2 nitrogen and oxygen atoms in total. The first-order chi connectivity index (χ1) is 7.54. The molecule has 2 saturated heterocycles. The van der Waals surface area contributed by atoms with Crippen molar-refractivity contribution < 1.29 is 4.52 Å². The average molecular weight is 239 g/mol. The van der Waals surface area contributed by atoms with Crippen LogP contribution in [0.15, 0.2) is 0 Å². The second-order valence-corrected chi connectivity index (χ2v) is 8.42. The van der Waals surface area contributed by atoms with Crippen LogP contribution < -0.4 is 0 Å². The van der Waals surface area contributed by atoms with Crippen LogP contribution in [-0.2, 0) is 4.52 Å². The third kappa shape index (κ3) is 1.09. The average Bonchev–Trinajstić information content (AvgIpc) is 3.02. The molecule has 2 aliphatic heterocycles. The Kier molecular flexibility index (Phi) is 1.83. The number of nitrogens with zero attached hydrogens (tertiary/aromatic N) is 1. The lowest BCUT2D eigenvalue weighted by Crippen LogP contribution is -2.41. The SMILES string of the molecule is CP1OC(C)(C)[C@]23CC2C(CC2CC2)CN13. The summed E-state index contributed by atoms with van der Waals surface area (Å²) in [4.78, 5) is 0. The fourth-order valence-electron chi connectivity index (χ4n) is 4.49. The zero-order valence-corrected chi connectivity index (χ0v) is 11.5. The molecule has 0 radical (unpaired) electrons. The minimum atomic E-state index is -0.298. The van der Waals surface area contributed by atoms with E-state index in [2.05, 4.69) is 25.2 Å². The lowest BCUT2D eigenvalue weighted by Gasteiger charge is -2.27. The van der Waals surface area contributed by atoms with E-state index in [0.717, 1.165) is 17.8 Å². The third-order valence-corrected chi connectivity index (χ3v) is 7.42. The first kappa shape index (κ1) is 10.3. The first-order valence-electron chi connectivity index (χ1n) is 6.75. The minimum Gasteiger partial charge on any atom is -0.336 e. The number of hydrogen-bond acceptors (Lipinski definition) is 2. The first-order valence-corrected chi connectivity index (χ1v) is 8.41. The van der Waals surface area contributed by atoms with Gasteiger partial charge in [-0.3, -0.25) is 4.67 Å². The van der Waals surface area contributed by atoms with Crippen molar-refractivity contribution in [3.63, 3.8) is 0 Å². The fourth-order valence-corrected chi connectivity index (χ4v) is 6.82. The van der Waals surface area contributed by atoms with Gasteiger partial charge in [-0.15, -0.1) is 0 Å². The Morgan fingerprint density at radius 3 is 2.75 bits per heavy atom. The molecule has 4 fully saturated rings. The van der Waals surface area contributed by atoms with Crippen LogP contribution in [-0.4, -0.2) is 29.0 Å². The summed E-state index contributed by atoms with van der Waals surface area (Å²) < 4.78 is 8.97. The van der Waals surface area contributed by atoms with Crippen LogP contribution in [0, 0.1) is 17.8 Å². The van der Waals surface area contributed by atoms with Crippen molar-refractivity contribution in [3.05, 3.63) is 0 Å². The molecule has 0 aromatic carbocycles. The summed E-state index contributed by atoms with van der Waals surface area (Å²) in [5, 5.41) is 0. The van der Waals surface area contributed by atoms with Crippen LogP contribution in [0.4, 0.5) is 0 Å². The second-order valence-electron chi connectivity index (χ2n) is 6.82. The highest BCUT2D eigenvalue weighted by Gasteiger charge is 2.77. The van der Waals surface area contributed by atoms with Gasteiger partial charge >= 0.3 is 0 Å². The Balaban J connectivity index is 1.60. The van der Waals surface area contributed by atoms with Gasteiger partial charge in [0.15, 0.2) is 0 Å². The zero-order valence-electron chi connectivity index (χ0n) is 10.6. The summed E-state index contributed by atoms with van der Waals surface area (Å²) in [5.74, 6) is 3.06. The van der Waals surface area contributed by atoms with Crippen molar-refractivity contribution in [3.8, 4) is 0 Å². The van der Waals surface area contributed by atoms with E-state index in [0.29, 0.717) is 5.54 Å². The molecule has 0 aromatic heterocycles. The molecule has 2 aliphatic carbocycles. The van der Waals surface area contributed by atoms with Crippen LogP contribution in [0.2, 0.25) is 0 Å². The zero-order chi connectivity index (χ0) is 11.1. The van der Waals surface area contributed by atoms with Crippen molar-refractivity contribution in [2.24, 2.45) is 17.8 Å². The summed E-state index contributed by atoms with van der Waals surface area (Å²) in [6, 6.07) is 0. The Morgan fingerprint density at radius 2 is 2.12 bits per heavy atom. The molecular formula is C13H22NOP. The molecule has 0 N–H and O–H groups in total. The Bertz CT molecular complexity index is 341. The van der Waals surface area contributed by atoms with Crippen molar-refractivity contribution in [1.82, 2.24) is 4.67 Å². The molecule has 16 heavy (non-hydrogen) atoms. The Hall–Kier alpha value is 0.350. The lowest BCUT2D eigenvalue weighted by molar-refractivity contribution is 0.0910. The van der Waals surface area contributed by atoms with Gasteiger partial charge in [-0.05, 0) is 51.1 Å². The summed E-state index contributed by atoms with van der Waals surface area (Å²) in [6.07, 6.45) is 5.96. The topological polar surface area (TPSA) is 12.5 Å². The molecule has 1 spiro atoms. The molecular weight excluding hydrogens is 217 g/mol. The van der Waals surface area contributed by atoms with Gasteiger partial charge in [-0.1, -0.05) is 12.8 Å². The molecule has 3 heteroatoms. The van der Waals surface area contributed by atoms with Crippen molar-refractivity contribution in [2.75, 3.05) is 13.2 Å². The summed E-state index contributed by atoms with van der Waals surface area (Å²) in [5.41, 5.74) is 0.587. The van der Waals surface area contributed by atoms with E-state index in [-0.39, 0.29) is 13.9 Å². The maximum absolute atomic E-state index is 6.22. The van der Waals surface area contributed by atoms with Crippen LogP contribution in [0.25, 0.3) is 0 Å². The smallest absolute Gasteiger partial charge is 0.102 e. The monoisotopic (exact) mass is 239 g/mol. The molecule has 0 aromatic rings. The predicted molar refractivity (Wildman–Crippen MR) is 66.4 cm³/mol. The molecule has 2 saturated carbocycles.